The summed E-state index contributed by atoms with van der Waals surface area (Å²) < 4.78 is 5.76. The predicted octanol–water partition coefficient (Wildman–Crippen LogP) is 5.74. The number of rotatable bonds is 9. The molecule has 8 heteroatoms. The van der Waals surface area contributed by atoms with Crippen molar-refractivity contribution in [2.45, 2.75) is 32.8 Å². The molecular weight excluding hydrogens is 516 g/mol. The van der Waals surface area contributed by atoms with Gasteiger partial charge in [-0.3, -0.25) is 20.4 Å². The normalized spacial score (nSPS) is 11.3. The van der Waals surface area contributed by atoms with Crippen LogP contribution < -0.4 is 26.4 Å². The van der Waals surface area contributed by atoms with Crippen LogP contribution in [0.25, 0.3) is 11.1 Å². The van der Waals surface area contributed by atoms with Gasteiger partial charge in [0, 0.05) is 12.0 Å². The number of ether oxygens (including phenoxy) is 1. The van der Waals surface area contributed by atoms with Crippen LogP contribution in [0.15, 0.2) is 109 Å². The van der Waals surface area contributed by atoms with Crippen LogP contribution in [0.3, 0.4) is 0 Å². The molecule has 0 spiro atoms. The van der Waals surface area contributed by atoms with Crippen LogP contribution in [-0.4, -0.2) is 17.8 Å². The minimum absolute atomic E-state index is 0.0559. The fourth-order valence-corrected chi connectivity index (χ4v) is 4.38. The maximum absolute atomic E-state index is 12.7. The third-order valence-electron chi connectivity index (χ3n) is 6.58. The summed E-state index contributed by atoms with van der Waals surface area (Å²) in [5.41, 5.74) is 13.8. The highest BCUT2D eigenvalue weighted by Gasteiger charge is 2.20. The summed E-state index contributed by atoms with van der Waals surface area (Å²) in [5.74, 6) is -0.229. The highest BCUT2D eigenvalue weighted by atomic mass is 16.5. The molecule has 0 fully saturated rings. The summed E-state index contributed by atoms with van der Waals surface area (Å²) >= 11 is 0. The van der Waals surface area contributed by atoms with Gasteiger partial charge >= 0.3 is 6.03 Å². The third-order valence-corrected chi connectivity index (χ3v) is 6.58. The van der Waals surface area contributed by atoms with Gasteiger partial charge in [0.25, 0.3) is 5.91 Å². The quantitative estimate of drug-likeness (QED) is 0.199. The molecule has 0 bridgehead atoms. The van der Waals surface area contributed by atoms with Crippen LogP contribution >= 0.6 is 0 Å². The Bertz CT molecular complexity index is 1460. The number of carbonyl (C=O) groups excluding carboxylic acids is 3. The maximum Gasteiger partial charge on any atom is 0.352 e. The molecule has 210 valence electrons. The maximum atomic E-state index is 12.7. The Morgan fingerprint density at radius 2 is 1.34 bits per heavy atom. The van der Waals surface area contributed by atoms with Crippen LogP contribution in [-0.2, 0) is 11.4 Å². The van der Waals surface area contributed by atoms with Crippen LogP contribution in [0.4, 0.5) is 4.79 Å². The molecule has 0 heterocycles. The van der Waals surface area contributed by atoms with E-state index >= 15 is 0 Å². The van der Waals surface area contributed by atoms with E-state index in [2.05, 4.69) is 41.6 Å². The van der Waals surface area contributed by atoms with Gasteiger partial charge in [0.1, 0.15) is 12.4 Å². The molecule has 1 atom stereocenters. The van der Waals surface area contributed by atoms with Crippen LogP contribution in [0.1, 0.15) is 47.7 Å². The topological polar surface area (TPSA) is 109 Å². The average molecular weight is 551 g/mol. The van der Waals surface area contributed by atoms with Crippen molar-refractivity contribution in [3.63, 3.8) is 0 Å². The SMILES string of the molecule is CC(C)C(CC(=O)NNC(=O)NNC(=O)c1cccc(OCc2ccccc2)c1)c1cccc(-c2ccccc2)c1. The largest absolute Gasteiger partial charge is 0.489 e. The van der Waals surface area contributed by atoms with Gasteiger partial charge in [0.2, 0.25) is 5.91 Å². The van der Waals surface area contributed by atoms with Crippen molar-refractivity contribution in [3.8, 4) is 16.9 Å². The molecule has 0 aliphatic rings. The summed E-state index contributed by atoms with van der Waals surface area (Å²) in [7, 11) is 0. The number of benzene rings is 4. The number of amides is 4. The summed E-state index contributed by atoms with van der Waals surface area (Å²) in [6.45, 7) is 4.48. The second-order valence-electron chi connectivity index (χ2n) is 9.93. The van der Waals surface area contributed by atoms with Gasteiger partial charge in [0.05, 0.1) is 0 Å². The molecule has 8 nitrogen and oxygen atoms in total. The molecule has 0 saturated carbocycles. The van der Waals surface area contributed by atoms with Crippen LogP contribution in [0, 0.1) is 5.92 Å². The van der Waals surface area contributed by atoms with E-state index in [1.807, 2.05) is 78.9 Å². The second-order valence-corrected chi connectivity index (χ2v) is 9.93. The van der Waals surface area contributed by atoms with E-state index in [4.69, 9.17) is 4.74 Å². The van der Waals surface area contributed by atoms with Gasteiger partial charge < -0.3 is 4.74 Å². The van der Waals surface area contributed by atoms with Crippen molar-refractivity contribution in [3.05, 3.63) is 126 Å². The van der Waals surface area contributed by atoms with Gasteiger partial charge in [-0.2, -0.15) is 0 Å². The summed E-state index contributed by atoms with van der Waals surface area (Å²) in [6, 6.07) is 33.7. The Balaban J connectivity index is 1.25. The molecule has 4 amide bonds. The van der Waals surface area contributed by atoms with Gasteiger partial charge in [-0.15, -0.1) is 0 Å². The molecule has 0 aromatic heterocycles. The van der Waals surface area contributed by atoms with E-state index in [9.17, 15) is 14.4 Å². The van der Waals surface area contributed by atoms with E-state index < -0.39 is 11.9 Å². The zero-order valence-electron chi connectivity index (χ0n) is 23.1. The first-order chi connectivity index (χ1) is 19.9. The highest BCUT2D eigenvalue weighted by molar-refractivity contribution is 5.95. The molecular formula is C33H34N4O4. The molecule has 0 saturated heterocycles. The predicted molar refractivity (Wildman–Crippen MR) is 159 cm³/mol. The number of nitrogens with one attached hydrogen (secondary N) is 4. The smallest absolute Gasteiger partial charge is 0.352 e. The first kappa shape index (κ1) is 28.9. The average Bonchev–Trinajstić information content (AvgIpc) is 3.01. The van der Waals surface area contributed by atoms with Gasteiger partial charge in [-0.05, 0) is 52.3 Å². The molecule has 4 N–H and O–H groups in total. The molecule has 41 heavy (non-hydrogen) atoms. The standard InChI is InChI=1S/C33H34N4O4/c1-23(2)30(27-16-9-15-26(19-27)25-13-7-4-8-14-25)21-31(38)34-36-33(40)37-35-32(39)28-17-10-18-29(20-28)41-22-24-11-5-3-6-12-24/h3-20,23,30H,21-22H2,1-2H3,(H,34,38)(H,35,39)(H2,36,37,40). The summed E-state index contributed by atoms with van der Waals surface area (Å²) in [4.78, 5) is 37.4. The molecule has 0 aliphatic heterocycles. The lowest BCUT2D eigenvalue weighted by atomic mass is 9.84. The summed E-state index contributed by atoms with van der Waals surface area (Å²) in [5, 5.41) is 0. The Morgan fingerprint density at radius 3 is 2.07 bits per heavy atom. The van der Waals surface area contributed by atoms with Crippen molar-refractivity contribution in [2.75, 3.05) is 0 Å². The van der Waals surface area contributed by atoms with Crippen molar-refractivity contribution < 1.29 is 19.1 Å². The van der Waals surface area contributed by atoms with Crippen molar-refractivity contribution in [2.24, 2.45) is 5.92 Å². The molecule has 0 aliphatic carbocycles. The number of hydrogen-bond acceptors (Lipinski definition) is 4. The van der Waals surface area contributed by atoms with E-state index in [1.165, 1.54) is 0 Å². The monoisotopic (exact) mass is 550 g/mol. The van der Waals surface area contributed by atoms with Gasteiger partial charge in [-0.25, -0.2) is 15.6 Å². The lowest BCUT2D eigenvalue weighted by Gasteiger charge is -2.22. The fourth-order valence-electron chi connectivity index (χ4n) is 4.38. The van der Waals surface area contributed by atoms with Crippen molar-refractivity contribution in [1.82, 2.24) is 21.7 Å². The second kappa shape index (κ2) is 14.3. The van der Waals surface area contributed by atoms with Crippen LogP contribution in [0.2, 0.25) is 0 Å². The molecule has 0 radical (unpaired) electrons. The lowest BCUT2D eigenvalue weighted by Crippen LogP contribution is -2.52. The van der Waals surface area contributed by atoms with Gasteiger partial charge in [0.15, 0.2) is 0 Å². The zero-order valence-corrected chi connectivity index (χ0v) is 23.1. The first-order valence-electron chi connectivity index (χ1n) is 13.5. The fraction of sp³-hybridized carbons (Fsp3) is 0.182. The Hall–Kier alpha value is -5.11. The number of urea groups is 1. The molecule has 4 aromatic rings. The first-order valence-corrected chi connectivity index (χ1v) is 13.5. The molecule has 1 unspecified atom stereocenters. The van der Waals surface area contributed by atoms with E-state index in [0.717, 1.165) is 22.3 Å². The minimum atomic E-state index is -0.782. The molecule has 4 aromatic carbocycles. The Morgan fingerprint density at radius 1 is 0.683 bits per heavy atom. The minimum Gasteiger partial charge on any atom is -0.489 e. The Kier molecular flexibility index (Phi) is 10.1. The van der Waals surface area contributed by atoms with Gasteiger partial charge in [-0.1, -0.05) is 105 Å². The number of hydrazine groups is 2. The zero-order chi connectivity index (χ0) is 29.0. The third kappa shape index (κ3) is 8.69. The van der Waals surface area contributed by atoms with Crippen molar-refractivity contribution >= 4 is 17.8 Å². The lowest BCUT2D eigenvalue weighted by molar-refractivity contribution is -0.122. The highest BCUT2D eigenvalue weighted by Crippen LogP contribution is 2.31. The van der Waals surface area contributed by atoms with E-state index in [0.29, 0.717) is 17.9 Å². The van der Waals surface area contributed by atoms with E-state index in [-0.39, 0.29) is 24.2 Å². The number of carbonyl (C=O) groups is 3. The van der Waals surface area contributed by atoms with Crippen molar-refractivity contribution in [1.29, 1.82) is 0 Å². The summed E-state index contributed by atoms with van der Waals surface area (Å²) in [6.07, 6.45) is 0.179. The number of hydrogen-bond donors (Lipinski definition) is 4. The van der Waals surface area contributed by atoms with E-state index in [1.54, 1.807) is 24.3 Å². The Labute approximate surface area is 240 Å². The van der Waals surface area contributed by atoms with Crippen LogP contribution in [0.5, 0.6) is 5.75 Å². The molecule has 4 rings (SSSR count).